The molecule has 0 saturated carbocycles. The summed E-state index contributed by atoms with van der Waals surface area (Å²) in [5, 5.41) is 9.37. The van der Waals surface area contributed by atoms with Crippen LogP contribution < -0.4 is 4.90 Å². The van der Waals surface area contributed by atoms with E-state index in [0.717, 1.165) is 69.7 Å². The van der Waals surface area contributed by atoms with Crippen LogP contribution in [0, 0.1) is 28.6 Å². The number of carbonyl (C=O) groups excluding carboxylic acids is 1. The molecule has 3 fully saturated rings. The molecule has 4 rings (SSSR count). The van der Waals surface area contributed by atoms with E-state index in [4.69, 9.17) is 4.74 Å². The minimum atomic E-state index is -0.235. The standard InChI is InChI=1S/C23H31N3O2/c1-3-23(4-2)11-20(28-22(23)27)9-10-25-13-18-15-26(16-19(18)14-25)21-8-6-5-7-17(21)12-24/h5-8,18-20H,3-4,9-11,13-16H2,1-2H3/t18-,19-,20+/m1/s1. The van der Waals surface area contributed by atoms with E-state index in [1.165, 1.54) is 0 Å². The first-order valence-corrected chi connectivity index (χ1v) is 10.8. The summed E-state index contributed by atoms with van der Waals surface area (Å²) >= 11 is 0. The number of cyclic esters (lactones) is 1. The van der Waals surface area contributed by atoms with E-state index in [0.29, 0.717) is 11.8 Å². The third kappa shape index (κ3) is 3.39. The van der Waals surface area contributed by atoms with Crippen molar-refractivity contribution in [2.24, 2.45) is 17.3 Å². The summed E-state index contributed by atoms with van der Waals surface area (Å²) in [6, 6.07) is 10.3. The summed E-state index contributed by atoms with van der Waals surface area (Å²) in [7, 11) is 0. The normalized spacial score (nSPS) is 29.0. The number of benzene rings is 1. The molecule has 0 spiro atoms. The fourth-order valence-corrected chi connectivity index (χ4v) is 5.47. The van der Waals surface area contributed by atoms with Gasteiger partial charge in [0.05, 0.1) is 16.7 Å². The lowest BCUT2D eigenvalue weighted by molar-refractivity contribution is -0.149. The maximum absolute atomic E-state index is 12.3. The lowest BCUT2D eigenvalue weighted by atomic mass is 9.79. The second kappa shape index (κ2) is 7.75. The van der Waals surface area contributed by atoms with Gasteiger partial charge in [-0.05, 0) is 43.2 Å². The van der Waals surface area contributed by atoms with Crippen LogP contribution in [-0.2, 0) is 9.53 Å². The van der Waals surface area contributed by atoms with Crippen molar-refractivity contribution in [1.29, 1.82) is 5.26 Å². The van der Waals surface area contributed by atoms with Crippen LogP contribution in [0.1, 0.15) is 45.1 Å². The fourth-order valence-electron chi connectivity index (χ4n) is 5.47. The van der Waals surface area contributed by atoms with Crippen molar-refractivity contribution in [3.05, 3.63) is 29.8 Å². The zero-order valence-corrected chi connectivity index (χ0v) is 17.1. The average Bonchev–Trinajstić information content (AvgIpc) is 3.37. The molecular weight excluding hydrogens is 350 g/mol. The number of nitrogens with zero attached hydrogens (tertiary/aromatic N) is 3. The Morgan fingerprint density at radius 3 is 2.43 bits per heavy atom. The van der Waals surface area contributed by atoms with Gasteiger partial charge in [0.2, 0.25) is 0 Å². The first-order valence-electron chi connectivity index (χ1n) is 10.8. The number of para-hydroxylation sites is 1. The highest BCUT2D eigenvalue weighted by Gasteiger charge is 2.46. The number of nitriles is 1. The van der Waals surface area contributed by atoms with E-state index in [9.17, 15) is 10.1 Å². The molecule has 1 aromatic carbocycles. The average molecular weight is 382 g/mol. The number of likely N-dealkylation sites (tertiary alicyclic amines) is 1. The molecule has 3 atom stereocenters. The maximum atomic E-state index is 12.3. The highest BCUT2D eigenvalue weighted by molar-refractivity contribution is 5.78. The Morgan fingerprint density at radius 2 is 1.82 bits per heavy atom. The molecule has 5 heteroatoms. The van der Waals surface area contributed by atoms with Crippen LogP contribution >= 0.6 is 0 Å². The minimum Gasteiger partial charge on any atom is -0.462 e. The number of rotatable bonds is 6. The van der Waals surface area contributed by atoms with Crippen molar-refractivity contribution in [2.45, 2.75) is 45.6 Å². The Hall–Kier alpha value is -2.06. The van der Waals surface area contributed by atoms with Crippen molar-refractivity contribution in [2.75, 3.05) is 37.6 Å². The predicted octanol–water partition coefficient (Wildman–Crippen LogP) is 3.44. The number of esters is 1. The molecule has 3 heterocycles. The van der Waals surface area contributed by atoms with Crippen LogP contribution in [0.3, 0.4) is 0 Å². The summed E-state index contributed by atoms with van der Waals surface area (Å²) in [6.45, 7) is 9.52. The monoisotopic (exact) mass is 381 g/mol. The van der Waals surface area contributed by atoms with Crippen LogP contribution in [0.15, 0.2) is 24.3 Å². The van der Waals surface area contributed by atoms with Gasteiger partial charge in [0.25, 0.3) is 0 Å². The van der Waals surface area contributed by atoms with Gasteiger partial charge in [-0.25, -0.2) is 0 Å². The van der Waals surface area contributed by atoms with Crippen molar-refractivity contribution >= 4 is 11.7 Å². The number of hydrogen-bond acceptors (Lipinski definition) is 5. The highest BCUT2D eigenvalue weighted by Crippen LogP contribution is 2.41. The van der Waals surface area contributed by atoms with Crippen LogP contribution in [0.4, 0.5) is 5.69 Å². The van der Waals surface area contributed by atoms with Crippen molar-refractivity contribution in [3.63, 3.8) is 0 Å². The molecule has 0 aromatic heterocycles. The summed E-state index contributed by atoms with van der Waals surface area (Å²) in [5.41, 5.74) is 1.62. The topological polar surface area (TPSA) is 56.6 Å². The van der Waals surface area contributed by atoms with Gasteiger partial charge < -0.3 is 14.5 Å². The molecular formula is C23H31N3O2. The predicted molar refractivity (Wildman–Crippen MR) is 109 cm³/mol. The van der Waals surface area contributed by atoms with Gasteiger partial charge >= 0.3 is 5.97 Å². The Balaban J connectivity index is 1.28. The third-order valence-corrected chi connectivity index (χ3v) is 7.37. The molecule has 0 radical (unpaired) electrons. The second-order valence-electron chi connectivity index (χ2n) is 8.82. The van der Waals surface area contributed by atoms with Crippen LogP contribution in [-0.4, -0.2) is 49.7 Å². The Labute approximate surface area is 168 Å². The van der Waals surface area contributed by atoms with E-state index >= 15 is 0 Å². The molecule has 28 heavy (non-hydrogen) atoms. The lowest BCUT2D eigenvalue weighted by Crippen LogP contribution is -2.31. The molecule has 150 valence electrons. The maximum Gasteiger partial charge on any atom is 0.312 e. The van der Waals surface area contributed by atoms with E-state index in [2.05, 4.69) is 35.8 Å². The van der Waals surface area contributed by atoms with Crippen LogP contribution in [0.2, 0.25) is 0 Å². The third-order valence-electron chi connectivity index (χ3n) is 7.37. The van der Waals surface area contributed by atoms with Gasteiger partial charge in [-0.15, -0.1) is 0 Å². The van der Waals surface area contributed by atoms with E-state index in [-0.39, 0.29) is 17.5 Å². The number of carbonyl (C=O) groups is 1. The highest BCUT2D eigenvalue weighted by atomic mass is 16.6. The van der Waals surface area contributed by atoms with Gasteiger partial charge in [-0.2, -0.15) is 5.26 Å². The van der Waals surface area contributed by atoms with E-state index < -0.39 is 0 Å². The summed E-state index contributed by atoms with van der Waals surface area (Å²) in [6.07, 6.45) is 3.69. The van der Waals surface area contributed by atoms with E-state index in [1.54, 1.807) is 0 Å². The first-order chi connectivity index (χ1) is 13.6. The molecule has 3 aliphatic rings. The zero-order chi connectivity index (χ0) is 19.7. The molecule has 5 nitrogen and oxygen atoms in total. The lowest BCUT2D eigenvalue weighted by Gasteiger charge is -2.24. The SMILES string of the molecule is CCC1(CC)C[C@H](CCN2C[C@@H]3CN(c4ccccc4C#N)C[C@H]3C2)OC1=O. The smallest absolute Gasteiger partial charge is 0.312 e. The molecule has 0 unspecified atom stereocenters. The molecule has 0 N–H and O–H groups in total. The largest absolute Gasteiger partial charge is 0.462 e. The van der Waals surface area contributed by atoms with Crippen molar-refractivity contribution < 1.29 is 9.53 Å². The zero-order valence-electron chi connectivity index (χ0n) is 17.1. The number of anilines is 1. The Bertz CT molecular complexity index is 753. The molecule has 3 saturated heterocycles. The molecule has 0 aliphatic carbocycles. The summed E-state index contributed by atoms with van der Waals surface area (Å²) in [4.78, 5) is 17.2. The van der Waals surface area contributed by atoms with Gasteiger partial charge in [0.15, 0.2) is 0 Å². The minimum absolute atomic E-state index is 0.0209. The first kappa shape index (κ1) is 19.3. The number of hydrogen-bond donors (Lipinski definition) is 0. The van der Waals surface area contributed by atoms with Crippen LogP contribution in [0.5, 0.6) is 0 Å². The molecule has 3 aliphatic heterocycles. The van der Waals surface area contributed by atoms with Crippen molar-refractivity contribution in [3.8, 4) is 6.07 Å². The molecule has 0 bridgehead atoms. The van der Waals surface area contributed by atoms with Crippen molar-refractivity contribution in [1.82, 2.24) is 4.90 Å². The molecule has 1 aromatic rings. The van der Waals surface area contributed by atoms with E-state index in [1.807, 2.05) is 18.2 Å². The quantitative estimate of drug-likeness (QED) is 0.707. The Kier molecular flexibility index (Phi) is 5.33. The number of fused-ring (bicyclic) bond motifs is 1. The van der Waals surface area contributed by atoms with Gasteiger partial charge in [0, 0.05) is 39.1 Å². The summed E-state index contributed by atoms with van der Waals surface area (Å²) < 4.78 is 5.71. The van der Waals surface area contributed by atoms with Gasteiger partial charge in [0.1, 0.15) is 12.2 Å². The van der Waals surface area contributed by atoms with Gasteiger partial charge in [-0.1, -0.05) is 26.0 Å². The summed E-state index contributed by atoms with van der Waals surface area (Å²) in [5.74, 6) is 1.36. The number of ether oxygens (including phenoxy) is 1. The van der Waals surface area contributed by atoms with Gasteiger partial charge in [-0.3, -0.25) is 4.79 Å². The second-order valence-corrected chi connectivity index (χ2v) is 8.82. The molecule has 0 amide bonds. The Morgan fingerprint density at radius 1 is 1.14 bits per heavy atom. The fraction of sp³-hybridized carbons (Fsp3) is 0.652. The van der Waals surface area contributed by atoms with Crippen LogP contribution in [0.25, 0.3) is 0 Å².